The lowest BCUT2D eigenvalue weighted by molar-refractivity contribution is -0.139. The van der Waals surface area contributed by atoms with E-state index in [1.165, 1.54) is 36.3 Å². The van der Waals surface area contributed by atoms with E-state index in [9.17, 15) is 14.4 Å². The summed E-state index contributed by atoms with van der Waals surface area (Å²) in [5.74, 6) is 0.913. The number of carbonyl (C=O) groups is 1. The van der Waals surface area contributed by atoms with Crippen molar-refractivity contribution >= 4 is 23.2 Å². The number of fused-ring (bicyclic) bond motifs is 1. The highest BCUT2D eigenvalue weighted by Crippen LogP contribution is 2.29. The van der Waals surface area contributed by atoms with Crippen molar-refractivity contribution in [1.82, 2.24) is 18.7 Å². The van der Waals surface area contributed by atoms with Crippen LogP contribution in [0.3, 0.4) is 0 Å². The van der Waals surface area contributed by atoms with Gasteiger partial charge in [-0.05, 0) is 56.1 Å². The zero-order valence-electron chi connectivity index (χ0n) is 39.6. The lowest BCUT2D eigenvalue weighted by atomic mass is 9.89. The van der Waals surface area contributed by atoms with Gasteiger partial charge >= 0.3 is 11.7 Å². The van der Waals surface area contributed by atoms with Crippen molar-refractivity contribution in [3.8, 4) is 11.4 Å². The molecule has 0 radical (unpaired) electrons. The Labute approximate surface area is 389 Å². The molecule has 2 aromatic heterocycles. The normalized spacial score (nSPS) is 15.1. The van der Waals surface area contributed by atoms with E-state index in [4.69, 9.17) is 52.4 Å². The predicted molar refractivity (Wildman–Crippen MR) is 251 cm³/mol. The third kappa shape index (κ3) is 18.7. The molecule has 0 amide bonds. The molecule has 370 valence electrons. The summed E-state index contributed by atoms with van der Waals surface area (Å²) in [5, 5.41) is 0. The van der Waals surface area contributed by atoms with Crippen LogP contribution in [0.2, 0.25) is 0 Å². The first kappa shape index (κ1) is 53.2. The molecular weight excluding hydrogens is 853 g/mol. The molecule has 2 heterocycles. The molecule has 5 rings (SSSR count). The van der Waals surface area contributed by atoms with Gasteiger partial charge in [-0.2, -0.15) is 0 Å². The van der Waals surface area contributed by atoms with Crippen LogP contribution in [0, 0.1) is 11.8 Å². The average molecular weight is 929 g/mol. The van der Waals surface area contributed by atoms with Gasteiger partial charge in [-0.1, -0.05) is 62.8 Å². The zero-order valence-corrected chi connectivity index (χ0v) is 39.6. The first-order valence-electron chi connectivity index (χ1n) is 24.3. The molecule has 2 saturated carbocycles. The molecular formula is C49H76N4O13. The van der Waals surface area contributed by atoms with Crippen LogP contribution in [-0.2, 0) is 71.8 Å². The Kier molecular flexibility index (Phi) is 25.8. The molecule has 1 aromatic carbocycles. The van der Waals surface area contributed by atoms with Crippen LogP contribution in [-0.4, -0.2) is 151 Å². The lowest BCUT2D eigenvalue weighted by Gasteiger charge is -2.24. The second kappa shape index (κ2) is 32.1. The molecule has 0 bridgehead atoms. The summed E-state index contributed by atoms with van der Waals surface area (Å²) in [6.07, 6.45) is 14.4. The molecule has 66 heavy (non-hydrogen) atoms. The molecule has 17 heteroatoms. The van der Waals surface area contributed by atoms with E-state index in [0.717, 1.165) is 49.7 Å². The van der Waals surface area contributed by atoms with E-state index in [-0.39, 0.29) is 24.5 Å². The Bertz CT molecular complexity index is 1930. The second-order valence-corrected chi connectivity index (χ2v) is 16.7. The fourth-order valence-corrected chi connectivity index (χ4v) is 8.34. The monoisotopic (exact) mass is 929 g/mol. The van der Waals surface area contributed by atoms with Crippen LogP contribution in [0.15, 0.2) is 39.9 Å². The van der Waals surface area contributed by atoms with Crippen molar-refractivity contribution in [2.45, 2.75) is 90.8 Å². The number of hydrogen-bond acceptors (Lipinski definition) is 14. The summed E-state index contributed by atoms with van der Waals surface area (Å²) in [7, 11) is 1.64. The largest absolute Gasteiger partial charge is 0.460 e. The number of esters is 1. The highest BCUT2D eigenvalue weighted by atomic mass is 16.6. The molecule has 0 unspecified atom stereocenters. The number of aromatic nitrogens is 4. The van der Waals surface area contributed by atoms with Crippen molar-refractivity contribution in [2.75, 3.05) is 126 Å². The van der Waals surface area contributed by atoms with Gasteiger partial charge in [0, 0.05) is 38.4 Å². The first-order chi connectivity index (χ1) is 32.5. The third-order valence-electron chi connectivity index (χ3n) is 11.9. The summed E-state index contributed by atoms with van der Waals surface area (Å²) in [4.78, 5) is 45.7. The number of rotatable bonds is 35. The highest BCUT2D eigenvalue weighted by Gasteiger charge is 2.26. The summed E-state index contributed by atoms with van der Waals surface area (Å²) in [6.45, 7) is 11.7. The van der Waals surface area contributed by atoms with Gasteiger partial charge in [-0.3, -0.25) is 13.9 Å². The summed E-state index contributed by atoms with van der Waals surface area (Å²) in [6, 6.07) is 7.67. The van der Waals surface area contributed by atoms with Crippen LogP contribution >= 0.6 is 0 Å². The lowest BCUT2D eigenvalue weighted by Crippen LogP contribution is -2.43. The fourth-order valence-electron chi connectivity index (χ4n) is 8.34. The minimum absolute atomic E-state index is 0.119. The topological polar surface area (TPSA) is 171 Å². The molecule has 17 nitrogen and oxygen atoms in total. The molecule has 0 spiro atoms. The summed E-state index contributed by atoms with van der Waals surface area (Å²) < 4.78 is 59.2. The van der Waals surface area contributed by atoms with Crippen LogP contribution in [0.25, 0.3) is 28.6 Å². The highest BCUT2D eigenvalue weighted by molar-refractivity contribution is 5.87. The van der Waals surface area contributed by atoms with Crippen molar-refractivity contribution in [1.29, 1.82) is 0 Å². The van der Waals surface area contributed by atoms with E-state index in [1.807, 2.05) is 35.8 Å². The van der Waals surface area contributed by atoms with Crippen LogP contribution in [0.4, 0.5) is 0 Å². The number of carbonyl (C=O) groups excluding carboxylic acids is 1. The molecule has 3 aromatic rings. The molecule has 0 N–H and O–H groups in total. The van der Waals surface area contributed by atoms with Crippen LogP contribution < -0.4 is 11.2 Å². The number of imidazole rings is 1. The van der Waals surface area contributed by atoms with Crippen molar-refractivity contribution in [3.63, 3.8) is 0 Å². The maximum absolute atomic E-state index is 14.2. The molecule has 2 fully saturated rings. The second-order valence-electron chi connectivity index (χ2n) is 16.7. The van der Waals surface area contributed by atoms with Crippen LogP contribution in [0.1, 0.15) is 76.7 Å². The number of methoxy groups -OCH3 is 1. The smallest absolute Gasteiger partial charge is 0.332 e. The molecule has 0 atom stereocenters. The molecule has 2 aliphatic rings. The van der Waals surface area contributed by atoms with Crippen molar-refractivity contribution < 1.29 is 52.2 Å². The number of aryl methyl sites for hydroxylation is 1. The van der Waals surface area contributed by atoms with E-state index in [1.54, 1.807) is 17.8 Å². The van der Waals surface area contributed by atoms with Gasteiger partial charge in [0.1, 0.15) is 12.4 Å². The maximum atomic E-state index is 14.2. The SMILES string of the molecule is CCn1c(-c2ccc(/C=C/C(=O)OCCOCCOCCOCCOCCOCCOCCOCCOCCOC)cc2)nc2c1c(=O)n(CC1CCCCC1)c(=O)n2CC1CCCCC1. The van der Waals surface area contributed by atoms with Gasteiger partial charge < -0.3 is 51.9 Å². The van der Waals surface area contributed by atoms with Crippen LogP contribution in [0.5, 0.6) is 0 Å². The Hall–Kier alpha value is -3.78. The summed E-state index contributed by atoms with van der Waals surface area (Å²) in [5.41, 5.74) is 2.14. The van der Waals surface area contributed by atoms with Gasteiger partial charge in [-0.15, -0.1) is 0 Å². The quantitative estimate of drug-likeness (QED) is 0.0409. The average Bonchev–Trinajstić information content (AvgIpc) is 3.74. The molecule has 2 aliphatic carbocycles. The Morgan fingerprint density at radius 3 is 1.44 bits per heavy atom. The minimum atomic E-state index is -0.472. The fraction of sp³-hybridized carbons (Fsp3) is 0.714. The number of hydrogen-bond donors (Lipinski definition) is 0. The first-order valence-corrected chi connectivity index (χ1v) is 24.3. The van der Waals surface area contributed by atoms with Crippen molar-refractivity contribution in [3.05, 3.63) is 56.7 Å². The molecule has 0 aliphatic heterocycles. The zero-order chi connectivity index (χ0) is 46.4. The van der Waals surface area contributed by atoms with Gasteiger partial charge in [0.25, 0.3) is 5.56 Å². The number of benzene rings is 1. The molecule has 0 saturated heterocycles. The number of ether oxygens (including phenoxy) is 10. The van der Waals surface area contributed by atoms with E-state index < -0.39 is 5.97 Å². The number of nitrogens with zero attached hydrogens (tertiary/aromatic N) is 4. The predicted octanol–water partition coefficient (Wildman–Crippen LogP) is 5.54. The third-order valence-corrected chi connectivity index (χ3v) is 11.9. The minimum Gasteiger partial charge on any atom is -0.460 e. The summed E-state index contributed by atoms with van der Waals surface area (Å²) >= 11 is 0. The van der Waals surface area contributed by atoms with E-state index in [0.29, 0.717) is 154 Å². The van der Waals surface area contributed by atoms with Gasteiger partial charge in [-0.25, -0.2) is 14.6 Å². The van der Waals surface area contributed by atoms with Gasteiger partial charge in [0.15, 0.2) is 11.2 Å². The van der Waals surface area contributed by atoms with Crippen molar-refractivity contribution in [2.24, 2.45) is 11.8 Å². The Morgan fingerprint density at radius 1 is 0.576 bits per heavy atom. The van der Waals surface area contributed by atoms with Gasteiger partial charge in [0.2, 0.25) is 0 Å². The van der Waals surface area contributed by atoms with E-state index in [2.05, 4.69) is 0 Å². The van der Waals surface area contributed by atoms with E-state index >= 15 is 0 Å². The maximum Gasteiger partial charge on any atom is 0.332 e. The standard InChI is InChI=1S/C49H76N4O13/c1-3-51-45-47(52(38-41-10-6-4-7-11-41)49(56)53(48(45)55)39-42-12-8-5-9-13-42)50-46(51)43-17-14-40(15-18-43)16-19-44(54)66-37-36-65-35-34-64-33-32-63-31-30-62-29-28-61-27-26-60-25-24-59-23-22-58-21-20-57-2/h14-19,41-42H,3-13,20-39H2,1-2H3/b19-16+. The van der Waals surface area contributed by atoms with Gasteiger partial charge in [0.05, 0.1) is 112 Å². The Morgan fingerprint density at radius 2 is 1.00 bits per heavy atom. The Balaban J connectivity index is 0.923.